The standard InChI is InChI=1S/C34H38FN5O3Si/c1-34(2,3)44(5,6)43-22-24-9-17-29(30(19-24)42-4)37-33-38-31-18-12-26(21-40(31)39-33)25-10-15-28(16-11-25)36-32(41)20-23-7-13-27(35)14-8-23/h7-19,21H,20,22H2,1-6H3,(H,36,41)(H,37,39). The Labute approximate surface area is 258 Å². The molecule has 5 rings (SSSR count). The number of carbonyl (C=O) groups excluding carboxylic acids is 1. The maximum atomic E-state index is 13.1. The zero-order valence-corrected chi connectivity index (χ0v) is 26.9. The van der Waals surface area contributed by atoms with E-state index in [4.69, 9.17) is 9.16 Å². The minimum atomic E-state index is -1.87. The van der Waals surface area contributed by atoms with Crippen molar-refractivity contribution >= 4 is 37.2 Å². The lowest BCUT2D eigenvalue weighted by molar-refractivity contribution is -0.115. The number of aromatic nitrogens is 3. The van der Waals surface area contributed by atoms with Gasteiger partial charge in [-0.3, -0.25) is 4.79 Å². The molecule has 0 saturated carbocycles. The molecule has 0 aliphatic carbocycles. The minimum Gasteiger partial charge on any atom is -0.495 e. The molecule has 10 heteroatoms. The van der Waals surface area contributed by atoms with E-state index in [0.717, 1.165) is 27.9 Å². The van der Waals surface area contributed by atoms with Crippen LogP contribution in [-0.4, -0.2) is 35.9 Å². The van der Waals surface area contributed by atoms with Crippen molar-refractivity contribution in [3.05, 3.63) is 102 Å². The number of fused-ring (bicyclic) bond motifs is 1. The van der Waals surface area contributed by atoms with E-state index in [9.17, 15) is 9.18 Å². The Morgan fingerprint density at radius 2 is 1.61 bits per heavy atom. The van der Waals surface area contributed by atoms with E-state index in [0.29, 0.717) is 29.6 Å². The summed E-state index contributed by atoms with van der Waals surface area (Å²) >= 11 is 0. The molecule has 0 saturated heterocycles. The van der Waals surface area contributed by atoms with Gasteiger partial charge in [0.15, 0.2) is 14.0 Å². The predicted octanol–water partition coefficient (Wildman–Crippen LogP) is 7.99. The Kier molecular flexibility index (Phi) is 8.84. The number of rotatable bonds is 10. The van der Waals surface area contributed by atoms with Crippen LogP contribution in [0.15, 0.2) is 85.1 Å². The summed E-state index contributed by atoms with van der Waals surface area (Å²) in [5, 5.41) is 10.9. The average molecular weight is 612 g/mol. The van der Waals surface area contributed by atoms with Crippen LogP contribution in [0.5, 0.6) is 5.75 Å². The fourth-order valence-electron chi connectivity index (χ4n) is 4.38. The van der Waals surface area contributed by atoms with E-state index < -0.39 is 8.32 Å². The van der Waals surface area contributed by atoms with E-state index >= 15 is 0 Å². The van der Waals surface area contributed by atoms with E-state index in [-0.39, 0.29) is 23.2 Å². The SMILES string of the molecule is COc1cc(CO[Si](C)(C)C(C)(C)C)ccc1Nc1nc2ccc(-c3ccc(NC(=O)Cc4ccc(F)cc4)cc3)cn2n1. The lowest BCUT2D eigenvalue weighted by atomic mass is 10.1. The Balaban J connectivity index is 1.24. The van der Waals surface area contributed by atoms with Crippen molar-refractivity contribution in [1.82, 2.24) is 14.6 Å². The summed E-state index contributed by atoms with van der Waals surface area (Å²) < 4.78 is 26.9. The van der Waals surface area contributed by atoms with Gasteiger partial charge in [0.2, 0.25) is 11.9 Å². The zero-order chi connectivity index (χ0) is 31.5. The maximum absolute atomic E-state index is 13.1. The van der Waals surface area contributed by atoms with Crippen molar-refractivity contribution < 1.29 is 18.3 Å². The van der Waals surface area contributed by atoms with Crippen molar-refractivity contribution in [2.75, 3.05) is 17.7 Å². The number of hydrogen-bond acceptors (Lipinski definition) is 6. The molecule has 0 radical (unpaired) electrons. The molecular weight excluding hydrogens is 573 g/mol. The zero-order valence-electron chi connectivity index (χ0n) is 25.9. The number of ether oxygens (including phenoxy) is 1. The van der Waals surface area contributed by atoms with Crippen molar-refractivity contribution in [2.45, 2.75) is 51.9 Å². The van der Waals surface area contributed by atoms with E-state index in [1.807, 2.05) is 60.8 Å². The number of pyridine rings is 1. The van der Waals surface area contributed by atoms with Gasteiger partial charge in [0.05, 0.1) is 25.8 Å². The van der Waals surface area contributed by atoms with Crippen molar-refractivity contribution in [3.63, 3.8) is 0 Å². The second-order valence-corrected chi connectivity index (χ2v) is 17.1. The summed E-state index contributed by atoms with van der Waals surface area (Å²) in [6, 6.07) is 23.4. The van der Waals surface area contributed by atoms with Crippen LogP contribution in [0, 0.1) is 5.82 Å². The second-order valence-electron chi connectivity index (χ2n) is 12.3. The first-order chi connectivity index (χ1) is 20.9. The highest BCUT2D eigenvalue weighted by Crippen LogP contribution is 2.37. The van der Waals surface area contributed by atoms with Gasteiger partial charge in [-0.15, -0.1) is 5.10 Å². The van der Waals surface area contributed by atoms with Gasteiger partial charge >= 0.3 is 0 Å². The van der Waals surface area contributed by atoms with Gasteiger partial charge in [-0.2, -0.15) is 4.98 Å². The summed E-state index contributed by atoms with van der Waals surface area (Å²) in [4.78, 5) is 17.0. The molecule has 0 unspecified atom stereocenters. The molecule has 0 aliphatic rings. The van der Waals surface area contributed by atoms with Crippen LogP contribution in [0.1, 0.15) is 31.9 Å². The minimum absolute atomic E-state index is 0.140. The molecule has 44 heavy (non-hydrogen) atoms. The topological polar surface area (TPSA) is 89.8 Å². The van der Waals surface area contributed by atoms with Crippen LogP contribution in [-0.2, 0) is 22.2 Å². The van der Waals surface area contributed by atoms with E-state index in [1.54, 1.807) is 23.8 Å². The molecule has 8 nitrogen and oxygen atoms in total. The van der Waals surface area contributed by atoms with Crippen LogP contribution in [0.2, 0.25) is 18.1 Å². The van der Waals surface area contributed by atoms with Crippen LogP contribution < -0.4 is 15.4 Å². The van der Waals surface area contributed by atoms with Gasteiger partial charge < -0.3 is 19.8 Å². The summed E-state index contributed by atoms with van der Waals surface area (Å²) in [7, 11) is -0.225. The number of nitrogens with one attached hydrogen (secondary N) is 2. The highest BCUT2D eigenvalue weighted by atomic mass is 28.4. The van der Waals surface area contributed by atoms with Crippen molar-refractivity contribution in [1.29, 1.82) is 0 Å². The van der Waals surface area contributed by atoms with Gasteiger partial charge in [0.1, 0.15) is 11.6 Å². The smallest absolute Gasteiger partial charge is 0.247 e. The number of benzene rings is 3. The summed E-state index contributed by atoms with van der Waals surface area (Å²) in [5.41, 5.74) is 5.84. The van der Waals surface area contributed by atoms with Crippen LogP contribution in [0.4, 0.5) is 21.7 Å². The summed E-state index contributed by atoms with van der Waals surface area (Å²) in [6.07, 6.45) is 2.08. The van der Waals surface area contributed by atoms with Crippen LogP contribution in [0.25, 0.3) is 16.8 Å². The number of methoxy groups -OCH3 is 1. The molecule has 2 aromatic heterocycles. The highest BCUT2D eigenvalue weighted by Gasteiger charge is 2.37. The van der Waals surface area contributed by atoms with Crippen LogP contribution in [0.3, 0.4) is 0 Å². The first kappa shape index (κ1) is 30.9. The highest BCUT2D eigenvalue weighted by molar-refractivity contribution is 6.74. The fourth-order valence-corrected chi connectivity index (χ4v) is 5.34. The van der Waals surface area contributed by atoms with Gasteiger partial charge in [-0.1, -0.05) is 51.1 Å². The fraction of sp³-hybridized carbons (Fsp3) is 0.265. The van der Waals surface area contributed by atoms with Crippen molar-refractivity contribution in [3.8, 4) is 16.9 Å². The first-order valence-corrected chi connectivity index (χ1v) is 17.4. The molecule has 1 amide bonds. The maximum Gasteiger partial charge on any atom is 0.247 e. The molecule has 0 atom stereocenters. The van der Waals surface area contributed by atoms with Gasteiger partial charge in [-0.05, 0) is 83.4 Å². The number of hydrogen-bond donors (Lipinski definition) is 2. The average Bonchev–Trinajstić information content (AvgIpc) is 3.39. The molecule has 0 spiro atoms. The molecule has 0 bridgehead atoms. The molecular formula is C34H38FN5O3Si. The number of anilines is 3. The molecule has 0 aliphatic heterocycles. The number of halogens is 1. The second kappa shape index (κ2) is 12.6. The Bertz CT molecular complexity index is 1760. The summed E-state index contributed by atoms with van der Waals surface area (Å²) in [5.74, 6) is 0.643. The third-order valence-electron chi connectivity index (χ3n) is 8.03. The lowest BCUT2D eigenvalue weighted by Crippen LogP contribution is -2.40. The predicted molar refractivity (Wildman–Crippen MR) is 175 cm³/mol. The summed E-state index contributed by atoms with van der Waals surface area (Å²) in [6.45, 7) is 11.7. The number of amides is 1. The Morgan fingerprint density at radius 3 is 2.30 bits per heavy atom. The number of carbonyl (C=O) groups is 1. The quantitative estimate of drug-likeness (QED) is 0.156. The van der Waals surface area contributed by atoms with Gasteiger partial charge in [-0.25, -0.2) is 8.91 Å². The largest absolute Gasteiger partial charge is 0.495 e. The van der Waals surface area contributed by atoms with E-state index in [2.05, 4.69) is 54.6 Å². The van der Waals surface area contributed by atoms with Gasteiger partial charge in [0, 0.05) is 17.4 Å². The molecule has 5 aromatic rings. The number of nitrogens with zero attached hydrogens (tertiary/aromatic N) is 3. The molecule has 228 valence electrons. The van der Waals surface area contributed by atoms with Crippen molar-refractivity contribution in [2.24, 2.45) is 0 Å². The Morgan fingerprint density at radius 1 is 0.932 bits per heavy atom. The molecule has 0 fully saturated rings. The Hall–Kier alpha value is -4.54. The van der Waals surface area contributed by atoms with E-state index in [1.165, 1.54) is 12.1 Å². The third-order valence-corrected chi connectivity index (χ3v) is 12.5. The molecule has 3 aromatic carbocycles. The third kappa shape index (κ3) is 7.32. The molecule has 2 heterocycles. The molecule has 2 N–H and O–H groups in total. The normalized spacial score (nSPS) is 11.9. The van der Waals surface area contributed by atoms with Gasteiger partial charge in [0.25, 0.3) is 0 Å². The van der Waals surface area contributed by atoms with Crippen LogP contribution >= 0.6 is 0 Å². The lowest BCUT2D eigenvalue weighted by Gasteiger charge is -2.36. The first-order valence-electron chi connectivity index (χ1n) is 14.5. The monoisotopic (exact) mass is 611 g/mol.